The summed E-state index contributed by atoms with van der Waals surface area (Å²) in [4.78, 5) is 18.7. The number of nitrogens with zero attached hydrogens (tertiary/aromatic N) is 2. The summed E-state index contributed by atoms with van der Waals surface area (Å²) in [5, 5.41) is 0. The van der Waals surface area contributed by atoms with E-state index in [2.05, 4.69) is 4.98 Å². The van der Waals surface area contributed by atoms with Crippen LogP contribution in [0.3, 0.4) is 0 Å². The molecular weight excluding hydrogens is 381 g/mol. The van der Waals surface area contributed by atoms with Crippen molar-refractivity contribution in [1.82, 2.24) is 4.98 Å². The molecule has 2 fully saturated rings. The molecule has 2 aliphatic heterocycles. The average molecular weight is 408 g/mol. The largest absolute Gasteiger partial charge is 0.496 e. The molecule has 1 aromatic rings. The minimum atomic E-state index is -2.65. The number of anilines is 1. The van der Waals surface area contributed by atoms with E-state index in [0.717, 1.165) is 11.2 Å². The van der Waals surface area contributed by atoms with E-state index in [0.29, 0.717) is 18.7 Å². The molecule has 4 rings (SSSR count). The molecule has 3 heterocycles. The number of carbonyl (C=O) groups excluding carboxylic acids is 1. The number of carbonyl (C=O) groups is 1. The number of aromatic nitrogens is 1. The summed E-state index contributed by atoms with van der Waals surface area (Å²) in [7, 11) is -0.572. The summed E-state index contributed by atoms with van der Waals surface area (Å²) in [6.45, 7) is 8.36. The minimum Gasteiger partial charge on any atom is -0.446 e. The van der Waals surface area contributed by atoms with Crippen molar-refractivity contribution >= 4 is 24.4 Å². The van der Waals surface area contributed by atoms with E-state index in [1.54, 1.807) is 6.20 Å². The second-order valence-electron chi connectivity index (χ2n) is 9.16. The van der Waals surface area contributed by atoms with E-state index in [-0.39, 0.29) is 25.7 Å². The molecule has 0 radical (unpaired) electrons. The number of rotatable bonds is 2. The van der Waals surface area contributed by atoms with Crippen LogP contribution in [0.5, 0.6) is 0 Å². The van der Waals surface area contributed by atoms with Crippen molar-refractivity contribution in [2.75, 3.05) is 11.4 Å². The van der Waals surface area contributed by atoms with Gasteiger partial charge in [-0.3, -0.25) is 9.88 Å². The molecule has 6 nitrogen and oxygen atoms in total. The highest BCUT2D eigenvalue weighted by Crippen LogP contribution is 2.37. The van der Waals surface area contributed by atoms with Gasteiger partial charge in [-0.15, -0.1) is 0 Å². The lowest BCUT2D eigenvalue weighted by molar-refractivity contribution is -0.0648. The Labute approximate surface area is 170 Å². The van der Waals surface area contributed by atoms with Gasteiger partial charge in [0.2, 0.25) is 5.92 Å². The fraction of sp³-hybridized carbons (Fsp3) is 0.700. The van der Waals surface area contributed by atoms with Gasteiger partial charge in [0.1, 0.15) is 6.10 Å². The van der Waals surface area contributed by atoms with Crippen LogP contribution in [-0.4, -0.2) is 48.0 Å². The van der Waals surface area contributed by atoms with Crippen LogP contribution < -0.4 is 10.4 Å². The van der Waals surface area contributed by atoms with Gasteiger partial charge in [0, 0.05) is 37.5 Å². The first kappa shape index (κ1) is 20.5. The molecular formula is C20H27BF2N2O4. The average Bonchev–Trinajstić information content (AvgIpc) is 3.14. The summed E-state index contributed by atoms with van der Waals surface area (Å²) < 4.78 is 44.3. The highest BCUT2D eigenvalue weighted by molar-refractivity contribution is 6.62. The van der Waals surface area contributed by atoms with Crippen molar-refractivity contribution in [2.45, 2.75) is 83.0 Å². The zero-order valence-corrected chi connectivity index (χ0v) is 17.3. The van der Waals surface area contributed by atoms with Crippen LogP contribution in [0.2, 0.25) is 0 Å². The summed E-state index contributed by atoms with van der Waals surface area (Å²) >= 11 is 0. The molecule has 0 unspecified atom stereocenters. The van der Waals surface area contributed by atoms with Gasteiger partial charge in [-0.2, -0.15) is 0 Å². The van der Waals surface area contributed by atoms with Gasteiger partial charge in [0.05, 0.1) is 22.6 Å². The summed E-state index contributed by atoms with van der Waals surface area (Å²) in [5.41, 5.74) is 1.26. The van der Waals surface area contributed by atoms with Gasteiger partial charge in [0.15, 0.2) is 0 Å². The van der Waals surface area contributed by atoms with Crippen LogP contribution >= 0.6 is 0 Å². The lowest BCUT2D eigenvalue weighted by atomic mass is 9.80. The first-order valence-electron chi connectivity index (χ1n) is 10.2. The third kappa shape index (κ3) is 3.86. The van der Waals surface area contributed by atoms with Crippen molar-refractivity contribution in [3.8, 4) is 0 Å². The summed E-state index contributed by atoms with van der Waals surface area (Å²) in [6, 6.07) is 1.85. The van der Waals surface area contributed by atoms with Crippen LogP contribution in [0.25, 0.3) is 0 Å². The maximum Gasteiger partial charge on any atom is 0.496 e. The Morgan fingerprint density at radius 3 is 2.45 bits per heavy atom. The molecule has 1 aromatic heterocycles. The molecule has 29 heavy (non-hydrogen) atoms. The van der Waals surface area contributed by atoms with Gasteiger partial charge < -0.3 is 14.0 Å². The minimum absolute atomic E-state index is 0.186. The molecule has 0 aromatic carbocycles. The Morgan fingerprint density at radius 1 is 1.21 bits per heavy atom. The quantitative estimate of drug-likeness (QED) is 0.702. The third-order valence-corrected chi connectivity index (χ3v) is 6.51. The van der Waals surface area contributed by atoms with E-state index < -0.39 is 36.4 Å². The second-order valence-corrected chi connectivity index (χ2v) is 9.16. The lowest BCUT2D eigenvalue weighted by Crippen LogP contribution is -2.41. The summed E-state index contributed by atoms with van der Waals surface area (Å²) in [5.74, 6) is -2.65. The number of hydrogen-bond acceptors (Lipinski definition) is 5. The smallest absolute Gasteiger partial charge is 0.446 e. The van der Waals surface area contributed by atoms with Crippen molar-refractivity contribution < 1.29 is 27.6 Å². The van der Waals surface area contributed by atoms with E-state index in [4.69, 9.17) is 14.0 Å². The molecule has 0 atom stereocenters. The maximum atomic E-state index is 13.3. The first-order chi connectivity index (χ1) is 13.5. The SMILES string of the molecule is CC1(C)OB(c2cnc3c(c2)N(C(=O)OC2CCC(F)(F)CC2)CC3)OC1(C)C. The van der Waals surface area contributed by atoms with Crippen LogP contribution in [0, 0.1) is 0 Å². The van der Waals surface area contributed by atoms with Crippen molar-refractivity contribution in [3.63, 3.8) is 0 Å². The van der Waals surface area contributed by atoms with Crippen LogP contribution in [0.1, 0.15) is 59.1 Å². The van der Waals surface area contributed by atoms with E-state index in [1.807, 2.05) is 33.8 Å². The van der Waals surface area contributed by atoms with E-state index >= 15 is 0 Å². The monoisotopic (exact) mass is 408 g/mol. The van der Waals surface area contributed by atoms with Crippen molar-refractivity contribution in [1.29, 1.82) is 0 Å². The number of alkyl halides is 2. The normalized spacial score (nSPS) is 25.2. The van der Waals surface area contributed by atoms with Crippen molar-refractivity contribution in [2.24, 2.45) is 0 Å². The zero-order valence-electron chi connectivity index (χ0n) is 17.3. The zero-order chi connectivity index (χ0) is 21.0. The van der Waals surface area contributed by atoms with E-state index in [9.17, 15) is 13.6 Å². The molecule has 158 valence electrons. The van der Waals surface area contributed by atoms with Crippen molar-refractivity contribution in [3.05, 3.63) is 18.0 Å². The Hall–Kier alpha value is -1.74. The van der Waals surface area contributed by atoms with Gasteiger partial charge >= 0.3 is 13.2 Å². The number of amides is 1. The number of ether oxygens (including phenoxy) is 1. The Kier molecular flexibility index (Phi) is 4.89. The number of halogens is 2. The molecule has 0 N–H and O–H groups in total. The molecule has 1 amide bonds. The standard InChI is InChI=1S/C20H27BF2N2O4/c1-18(2)19(3,4)29-21(28-18)13-11-16-15(24-12-13)7-10-25(16)17(26)27-14-5-8-20(22,23)9-6-14/h11-12,14H,5-10H2,1-4H3. The van der Waals surface area contributed by atoms with E-state index in [1.165, 1.54) is 4.90 Å². The van der Waals surface area contributed by atoms with Crippen LogP contribution in [0.4, 0.5) is 19.3 Å². The topological polar surface area (TPSA) is 60.9 Å². The molecule has 1 aliphatic carbocycles. The lowest BCUT2D eigenvalue weighted by Gasteiger charge is -2.32. The fourth-order valence-electron chi connectivity index (χ4n) is 3.90. The Morgan fingerprint density at radius 2 is 1.83 bits per heavy atom. The number of hydrogen-bond donors (Lipinski definition) is 0. The highest BCUT2D eigenvalue weighted by atomic mass is 19.3. The Balaban J connectivity index is 1.47. The second kappa shape index (κ2) is 6.91. The molecule has 0 bridgehead atoms. The fourth-order valence-corrected chi connectivity index (χ4v) is 3.90. The van der Waals surface area contributed by atoms with Gasteiger partial charge in [-0.05, 0) is 46.6 Å². The maximum absolute atomic E-state index is 13.3. The molecule has 9 heteroatoms. The van der Waals surface area contributed by atoms with Crippen LogP contribution in [-0.2, 0) is 20.5 Å². The Bertz CT molecular complexity index is 792. The predicted molar refractivity (Wildman–Crippen MR) is 105 cm³/mol. The van der Waals surface area contributed by atoms with Crippen LogP contribution in [0.15, 0.2) is 12.3 Å². The van der Waals surface area contributed by atoms with Gasteiger partial charge in [0.25, 0.3) is 0 Å². The predicted octanol–water partition coefficient (Wildman–Crippen LogP) is 3.46. The third-order valence-electron chi connectivity index (χ3n) is 6.51. The van der Waals surface area contributed by atoms with Gasteiger partial charge in [-0.25, -0.2) is 13.6 Å². The molecule has 1 saturated carbocycles. The molecule has 1 saturated heterocycles. The molecule has 0 spiro atoms. The molecule has 3 aliphatic rings. The number of pyridine rings is 1. The first-order valence-corrected chi connectivity index (χ1v) is 10.2. The summed E-state index contributed by atoms with van der Waals surface area (Å²) in [6.07, 6.45) is 1.26. The highest BCUT2D eigenvalue weighted by Gasteiger charge is 2.52. The number of fused-ring (bicyclic) bond motifs is 1. The van der Waals surface area contributed by atoms with Gasteiger partial charge in [-0.1, -0.05) is 0 Å².